The van der Waals surface area contributed by atoms with E-state index < -0.39 is 41.7 Å². The Morgan fingerprint density at radius 2 is 1.73 bits per heavy atom. The normalized spacial score (nSPS) is 10.4. The smallest absolute Gasteiger partial charge is 0.338 e. The highest BCUT2D eigenvalue weighted by Gasteiger charge is 2.16. The highest BCUT2D eigenvalue weighted by molar-refractivity contribution is 6.03. The first-order chi connectivity index (χ1) is 14.3. The van der Waals surface area contributed by atoms with Crippen molar-refractivity contribution < 1.29 is 32.3 Å². The lowest BCUT2D eigenvalue weighted by Crippen LogP contribution is -2.22. The minimum atomic E-state index is -0.954. The van der Waals surface area contributed by atoms with Crippen molar-refractivity contribution in [3.63, 3.8) is 0 Å². The van der Waals surface area contributed by atoms with Gasteiger partial charge >= 0.3 is 5.97 Å². The standard InChI is InChI=1S/C21H16F2N2O5/c1-12-7-8-13(10-16(12)24-20(27)17-6-3-9-29-17)21(28)30-11-18(26)25-19-14(22)4-2-5-15(19)23/h2-10H,11H2,1H3,(H,24,27)(H,25,26). The van der Waals surface area contributed by atoms with Gasteiger partial charge in [-0.1, -0.05) is 12.1 Å². The highest BCUT2D eigenvalue weighted by atomic mass is 19.1. The van der Waals surface area contributed by atoms with E-state index in [1.54, 1.807) is 19.1 Å². The molecule has 2 aromatic carbocycles. The number of rotatable bonds is 6. The van der Waals surface area contributed by atoms with E-state index in [4.69, 9.17) is 9.15 Å². The number of aryl methyl sites for hydroxylation is 1. The molecule has 1 heterocycles. The Bertz CT molecular complexity index is 1080. The number of ether oxygens (including phenoxy) is 1. The van der Waals surface area contributed by atoms with Crippen LogP contribution in [0.15, 0.2) is 59.2 Å². The van der Waals surface area contributed by atoms with Gasteiger partial charge in [0.05, 0.1) is 11.8 Å². The summed E-state index contributed by atoms with van der Waals surface area (Å²) >= 11 is 0. The molecule has 3 rings (SSSR count). The lowest BCUT2D eigenvalue weighted by molar-refractivity contribution is -0.119. The van der Waals surface area contributed by atoms with E-state index in [0.29, 0.717) is 11.3 Å². The predicted molar refractivity (Wildman–Crippen MR) is 103 cm³/mol. The maximum atomic E-state index is 13.6. The third kappa shape index (κ3) is 4.88. The number of furan rings is 1. The van der Waals surface area contributed by atoms with Gasteiger partial charge in [-0.05, 0) is 48.9 Å². The minimum absolute atomic E-state index is 0.0696. The lowest BCUT2D eigenvalue weighted by Gasteiger charge is -2.11. The summed E-state index contributed by atoms with van der Waals surface area (Å²) in [6, 6.07) is 10.6. The molecule has 0 unspecified atom stereocenters. The van der Waals surface area contributed by atoms with E-state index in [1.807, 2.05) is 5.32 Å². The fourth-order valence-electron chi connectivity index (χ4n) is 2.48. The summed E-state index contributed by atoms with van der Waals surface area (Å²) in [4.78, 5) is 36.2. The van der Waals surface area contributed by atoms with Gasteiger partial charge in [-0.3, -0.25) is 9.59 Å². The molecule has 1 aromatic heterocycles. The van der Waals surface area contributed by atoms with Crippen LogP contribution in [0.5, 0.6) is 0 Å². The van der Waals surface area contributed by atoms with Crippen LogP contribution in [0.3, 0.4) is 0 Å². The van der Waals surface area contributed by atoms with Crippen molar-refractivity contribution in [2.24, 2.45) is 0 Å². The largest absolute Gasteiger partial charge is 0.459 e. The van der Waals surface area contributed by atoms with Crippen LogP contribution in [0.1, 0.15) is 26.5 Å². The fraction of sp³-hybridized carbons (Fsp3) is 0.0952. The molecule has 7 nitrogen and oxygen atoms in total. The van der Waals surface area contributed by atoms with Crippen molar-refractivity contribution in [1.82, 2.24) is 0 Å². The van der Waals surface area contributed by atoms with Crippen molar-refractivity contribution >= 4 is 29.2 Å². The number of carbonyl (C=O) groups is 3. The summed E-state index contributed by atoms with van der Waals surface area (Å²) in [7, 11) is 0. The molecule has 0 fully saturated rings. The molecule has 0 bridgehead atoms. The van der Waals surface area contributed by atoms with Gasteiger partial charge in [0, 0.05) is 5.69 Å². The summed E-state index contributed by atoms with van der Waals surface area (Å²) in [6.45, 7) is 0.970. The number of hydrogen-bond donors (Lipinski definition) is 2. The van der Waals surface area contributed by atoms with Crippen LogP contribution in [-0.2, 0) is 9.53 Å². The topological polar surface area (TPSA) is 97.6 Å². The molecule has 30 heavy (non-hydrogen) atoms. The van der Waals surface area contributed by atoms with Gasteiger partial charge in [-0.2, -0.15) is 0 Å². The average molecular weight is 414 g/mol. The van der Waals surface area contributed by atoms with Crippen molar-refractivity contribution in [3.8, 4) is 0 Å². The Morgan fingerprint density at radius 1 is 1.00 bits per heavy atom. The average Bonchev–Trinajstić information content (AvgIpc) is 3.26. The Kier molecular flexibility index (Phi) is 6.21. The number of para-hydroxylation sites is 1. The third-order valence-electron chi connectivity index (χ3n) is 4.03. The van der Waals surface area contributed by atoms with E-state index in [0.717, 1.165) is 18.2 Å². The van der Waals surface area contributed by atoms with Gasteiger partial charge in [-0.25, -0.2) is 13.6 Å². The lowest BCUT2D eigenvalue weighted by atomic mass is 10.1. The Hall–Kier alpha value is -4.01. The van der Waals surface area contributed by atoms with Gasteiger partial charge in [0.1, 0.15) is 17.3 Å². The van der Waals surface area contributed by atoms with Crippen LogP contribution >= 0.6 is 0 Å². The van der Waals surface area contributed by atoms with Crippen molar-refractivity contribution in [2.45, 2.75) is 6.92 Å². The molecule has 0 radical (unpaired) electrons. The molecule has 0 saturated heterocycles. The van der Waals surface area contributed by atoms with E-state index >= 15 is 0 Å². The first-order valence-electron chi connectivity index (χ1n) is 8.71. The number of anilines is 2. The minimum Gasteiger partial charge on any atom is -0.459 e. The first-order valence-corrected chi connectivity index (χ1v) is 8.71. The van der Waals surface area contributed by atoms with Crippen molar-refractivity contribution in [3.05, 3.63) is 83.3 Å². The van der Waals surface area contributed by atoms with Crippen molar-refractivity contribution in [2.75, 3.05) is 17.2 Å². The third-order valence-corrected chi connectivity index (χ3v) is 4.03. The molecule has 0 saturated carbocycles. The monoisotopic (exact) mass is 414 g/mol. The summed E-state index contributed by atoms with van der Waals surface area (Å²) in [6.07, 6.45) is 1.35. The predicted octanol–water partition coefficient (Wildman–Crippen LogP) is 3.91. The number of hydrogen-bond acceptors (Lipinski definition) is 5. The van der Waals surface area contributed by atoms with Crippen LogP contribution in [0.2, 0.25) is 0 Å². The molecule has 2 amide bonds. The van der Waals surface area contributed by atoms with Gasteiger partial charge in [0.25, 0.3) is 11.8 Å². The molecule has 9 heteroatoms. The zero-order chi connectivity index (χ0) is 21.7. The Morgan fingerprint density at radius 3 is 2.40 bits per heavy atom. The molecule has 0 aliphatic carbocycles. The zero-order valence-corrected chi connectivity index (χ0v) is 15.7. The molecule has 0 atom stereocenters. The summed E-state index contributed by atoms with van der Waals surface area (Å²) in [5, 5.41) is 4.63. The first kappa shape index (κ1) is 20.7. The molecule has 2 N–H and O–H groups in total. The zero-order valence-electron chi connectivity index (χ0n) is 15.7. The van der Waals surface area contributed by atoms with Gasteiger partial charge in [-0.15, -0.1) is 0 Å². The van der Waals surface area contributed by atoms with Gasteiger partial charge < -0.3 is 19.8 Å². The second kappa shape index (κ2) is 8.99. The molecule has 154 valence electrons. The van der Waals surface area contributed by atoms with Crippen LogP contribution in [0.4, 0.5) is 20.2 Å². The van der Waals surface area contributed by atoms with Gasteiger partial charge in [0.15, 0.2) is 12.4 Å². The summed E-state index contributed by atoms with van der Waals surface area (Å²) in [5.74, 6) is -4.08. The summed E-state index contributed by atoms with van der Waals surface area (Å²) < 4.78 is 37.0. The SMILES string of the molecule is Cc1ccc(C(=O)OCC(=O)Nc2c(F)cccc2F)cc1NC(=O)c1ccco1. The Balaban J connectivity index is 1.62. The van der Waals surface area contributed by atoms with Crippen LogP contribution in [0, 0.1) is 18.6 Å². The number of esters is 1. The Labute approximate surface area is 169 Å². The number of carbonyl (C=O) groups excluding carboxylic acids is 3. The molecule has 0 spiro atoms. The van der Waals surface area contributed by atoms with E-state index in [2.05, 4.69) is 5.32 Å². The van der Waals surface area contributed by atoms with Crippen molar-refractivity contribution in [1.29, 1.82) is 0 Å². The van der Waals surface area contributed by atoms with Gasteiger partial charge in [0.2, 0.25) is 0 Å². The number of amides is 2. The number of halogens is 2. The molecule has 0 aliphatic heterocycles. The van der Waals surface area contributed by atoms with E-state index in [1.165, 1.54) is 24.5 Å². The quantitative estimate of drug-likeness (QED) is 0.596. The van der Waals surface area contributed by atoms with E-state index in [-0.39, 0.29) is 11.3 Å². The molecular formula is C21H16F2N2O5. The summed E-state index contributed by atoms with van der Waals surface area (Å²) in [5.41, 5.74) is 0.472. The molecular weight excluding hydrogens is 398 g/mol. The molecule has 3 aromatic rings. The highest BCUT2D eigenvalue weighted by Crippen LogP contribution is 2.20. The maximum Gasteiger partial charge on any atom is 0.338 e. The fourth-order valence-corrected chi connectivity index (χ4v) is 2.48. The van der Waals surface area contributed by atoms with Crippen LogP contribution in [-0.4, -0.2) is 24.4 Å². The number of nitrogens with one attached hydrogen (secondary N) is 2. The van der Waals surface area contributed by atoms with E-state index in [9.17, 15) is 23.2 Å². The maximum absolute atomic E-state index is 13.6. The van der Waals surface area contributed by atoms with Crippen LogP contribution < -0.4 is 10.6 Å². The second-order valence-electron chi connectivity index (χ2n) is 6.18. The number of benzene rings is 2. The second-order valence-corrected chi connectivity index (χ2v) is 6.18. The van der Waals surface area contributed by atoms with Crippen LogP contribution in [0.25, 0.3) is 0 Å². The molecule has 0 aliphatic rings.